The molecule has 1 aliphatic carbocycles. The van der Waals surface area contributed by atoms with Crippen LogP contribution in [0.5, 0.6) is 5.75 Å². The summed E-state index contributed by atoms with van der Waals surface area (Å²) in [6, 6.07) is 0.344. The number of aryl methyl sites for hydroxylation is 1. The Morgan fingerprint density at radius 1 is 1.27 bits per heavy atom. The molecule has 1 aromatic rings. The van der Waals surface area contributed by atoms with Crippen LogP contribution in [0.2, 0.25) is 0 Å². The molecule has 2 aliphatic rings. The average Bonchev–Trinajstić information content (AvgIpc) is 2.66. The summed E-state index contributed by atoms with van der Waals surface area (Å²) in [7, 11) is 0. The Kier molecular flexibility index (Phi) is 6.89. The number of halogens is 2. The third-order valence-corrected chi connectivity index (χ3v) is 4.96. The standard InChI is InChI=1S/C15H23N3O2.2ClH/c1-9-15(20)13(12(8-19)4-17-9)7-18-5-10-2-3-11(6-18)14(10)16;;/h4,10-11,14,19-20H,2-3,5-8,16H2,1H3;2*1H/t10-,11+,14?;;. The fraction of sp³-hybridized carbons (Fsp3) is 0.667. The Bertz CT molecular complexity index is 502. The van der Waals surface area contributed by atoms with Crippen LogP contribution in [0.15, 0.2) is 6.20 Å². The minimum Gasteiger partial charge on any atom is -0.506 e. The summed E-state index contributed by atoms with van der Waals surface area (Å²) in [6.45, 7) is 4.35. The third kappa shape index (κ3) is 3.49. The fourth-order valence-corrected chi connectivity index (χ4v) is 3.71. The minimum absolute atomic E-state index is 0. The number of aromatic hydroxyl groups is 1. The van der Waals surface area contributed by atoms with Crippen molar-refractivity contribution in [3.8, 4) is 5.75 Å². The molecule has 1 aliphatic heterocycles. The first kappa shape index (κ1) is 19.5. The molecule has 3 rings (SSSR count). The van der Waals surface area contributed by atoms with E-state index in [-0.39, 0.29) is 37.2 Å². The van der Waals surface area contributed by atoms with Crippen molar-refractivity contribution in [1.29, 1.82) is 0 Å². The molecule has 3 atom stereocenters. The SMILES string of the molecule is Cc1ncc(CO)c(CN2C[C@H]3CC[C@@H](C2)C3N)c1O.Cl.Cl. The highest BCUT2D eigenvalue weighted by atomic mass is 35.5. The molecule has 1 unspecified atom stereocenters. The molecule has 1 saturated carbocycles. The first-order valence-electron chi connectivity index (χ1n) is 7.35. The van der Waals surface area contributed by atoms with E-state index in [0.717, 1.165) is 24.2 Å². The van der Waals surface area contributed by atoms with E-state index in [1.165, 1.54) is 12.8 Å². The highest BCUT2D eigenvalue weighted by molar-refractivity contribution is 5.85. The fourth-order valence-electron chi connectivity index (χ4n) is 3.71. The van der Waals surface area contributed by atoms with Gasteiger partial charge in [0.05, 0.1) is 12.3 Å². The second-order valence-electron chi connectivity index (χ2n) is 6.22. The van der Waals surface area contributed by atoms with Crippen LogP contribution >= 0.6 is 24.8 Å². The van der Waals surface area contributed by atoms with Gasteiger partial charge in [0, 0.05) is 43.0 Å². The van der Waals surface area contributed by atoms with Crippen LogP contribution in [0.4, 0.5) is 0 Å². The van der Waals surface area contributed by atoms with Gasteiger partial charge in [-0.2, -0.15) is 0 Å². The molecular weight excluding hydrogens is 325 g/mol. The summed E-state index contributed by atoms with van der Waals surface area (Å²) in [5.74, 6) is 1.38. The van der Waals surface area contributed by atoms with Gasteiger partial charge in [-0.3, -0.25) is 9.88 Å². The predicted octanol–water partition coefficient (Wildman–Crippen LogP) is 1.60. The molecule has 2 fully saturated rings. The molecule has 1 aromatic heterocycles. The number of pyridine rings is 1. The van der Waals surface area contributed by atoms with Gasteiger partial charge in [-0.25, -0.2) is 0 Å². The zero-order valence-corrected chi connectivity index (χ0v) is 14.4. The lowest BCUT2D eigenvalue weighted by molar-refractivity contribution is 0.138. The van der Waals surface area contributed by atoms with Crippen molar-refractivity contribution in [2.24, 2.45) is 17.6 Å². The quantitative estimate of drug-likeness (QED) is 0.771. The van der Waals surface area contributed by atoms with Gasteiger partial charge < -0.3 is 15.9 Å². The van der Waals surface area contributed by atoms with E-state index in [1.54, 1.807) is 13.1 Å². The van der Waals surface area contributed by atoms with Gasteiger partial charge in [0.1, 0.15) is 5.75 Å². The lowest BCUT2D eigenvalue weighted by Gasteiger charge is -2.36. The van der Waals surface area contributed by atoms with Crippen molar-refractivity contribution in [3.63, 3.8) is 0 Å². The van der Waals surface area contributed by atoms with E-state index in [2.05, 4.69) is 9.88 Å². The van der Waals surface area contributed by atoms with E-state index in [9.17, 15) is 10.2 Å². The summed E-state index contributed by atoms with van der Waals surface area (Å²) in [6.07, 6.45) is 4.10. The summed E-state index contributed by atoms with van der Waals surface area (Å²) >= 11 is 0. The highest BCUT2D eigenvalue weighted by Gasteiger charge is 2.39. The van der Waals surface area contributed by atoms with Crippen molar-refractivity contribution in [2.75, 3.05) is 13.1 Å². The Morgan fingerprint density at radius 3 is 2.41 bits per heavy atom. The number of aliphatic hydroxyl groups excluding tert-OH is 1. The number of rotatable bonds is 3. The van der Waals surface area contributed by atoms with Crippen LogP contribution < -0.4 is 5.73 Å². The Balaban J connectivity index is 0.00000121. The number of nitrogens with two attached hydrogens (primary N) is 1. The largest absolute Gasteiger partial charge is 0.506 e. The van der Waals surface area contributed by atoms with Gasteiger partial charge in [0.2, 0.25) is 0 Å². The maximum atomic E-state index is 10.2. The Morgan fingerprint density at radius 2 is 1.86 bits per heavy atom. The van der Waals surface area contributed by atoms with Gasteiger partial charge in [-0.1, -0.05) is 0 Å². The van der Waals surface area contributed by atoms with Crippen molar-refractivity contribution in [2.45, 2.75) is 39.0 Å². The van der Waals surface area contributed by atoms with Gasteiger partial charge in [0.25, 0.3) is 0 Å². The van der Waals surface area contributed by atoms with Crippen LogP contribution in [0, 0.1) is 18.8 Å². The van der Waals surface area contributed by atoms with Crippen LogP contribution in [0.3, 0.4) is 0 Å². The monoisotopic (exact) mass is 349 g/mol. The lowest BCUT2D eigenvalue weighted by atomic mass is 9.92. The van der Waals surface area contributed by atoms with Crippen molar-refractivity contribution < 1.29 is 10.2 Å². The number of likely N-dealkylation sites (tertiary alicyclic amines) is 1. The first-order valence-corrected chi connectivity index (χ1v) is 7.35. The molecule has 0 amide bonds. The number of fused-ring (bicyclic) bond motifs is 2. The van der Waals surface area contributed by atoms with Gasteiger partial charge >= 0.3 is 0 Å². The Labute approximate surface area is 143 Å². The van der Waals surface area contributed by atoms with Gasteiger partial charge in [-0.15, -0.1) is 24.8 Å². The molecule has 0 radical (unpaired) electrons. The molecule has 7 heteroatoms. The van der Waals surface area contributed by atoms with Crippen molar-refractivity contribution in [1.82, 2.24) is 9.88 Å². The van der Waals surface area contributed by atoms with Gasteiger partial charge in [0.15, 0.2) is 0 Å². The van der Waals surface area contributed by atoms with Gasteiger partial charge in [-0.05, 0) is 31.6 Å². The molecule has 22 heavy (non-hydrogen) atoms. The topological polar surface area (TPSA) is 82.6 Å². The summed E-state index contributed by atoms with van der Waals surface area (Å²) in [5, 5.41) is 19.6. The number of hydrogen-bond acceptors (Lipinski definition) is 5. The molecule has 0 aromatic carbocycles. The molecule has 1 saturated heterocycles. The van der Waals surface area contributed by atoms with E-state index in [1.807, 2.05) is 0 Å². The lowest BCUT2D eigenvalue weighted by Crippen LogP contribution is -2.48. The minimum atomic E-state index is -0.0869. The molecule has 2 heterocycles. The number of piperidine rings is 1. The van der Waals surface area contributed by atoms with Crippen LogP contribution in [0.25, 0.3) is 0 Å². The molecule has 2 bridgehead atoms. The Hall–Kier alpha value is -0.590. The van der Waals surface area contributed by atoms with E-state index in [4.69, 9.17) is 5.73 Å². The zero-order valence-electron chi connectivity index (χ0n) is 12.7. The normalized spacial score (nSPS) is 27.1. The third-order valence-electron chi connectivity index (χ3n) is 4.96. The molecule has 0 spiro atoms. The maximum absolute atomic E-state index is 10.2. The average molecular weight is 350 g/mol. The summed E-state index contributed by atoms with van der Waals surface area (Å²) < 4.78 is 0. The van der Waals surface area contributed by atoms with E-state index in [0.29, 0.717) is 30.1 Å². The molecule has 4 N–H and O–H groups in total. The van der Waals surface area contributed by atoms with Crippen LogP contribution in [-0.4, -0.2) is 39.2 Å². The predicted molar refractivity (Wildman–Crippen MR) is 90.5 cm³/mol. The van der Waals surface area contributed by atoms with E-state index < -0.39 is 0 Å². The van der Waals surface area contributed by atoms with Crippen LogP contribution in [-0.2, 0) is 13.2 Å². The number of aliphatic hydroxyl groups is 1. The summed E-state index contributed by atoms with van der Waals surface area (Å²) in [5.41, 5.74) is 8.38. The van der Waals surface area contributed by atoms with Crippen molar-refractivity contribution >= 4 is 24.8 Å². The molecular formula is C15H25Cl2N3O2. The highest BCUT2D eigenvalue weighted by Crippen LogP contribution is 2.37. The maximum Gasteiger partial charge on any atom is 0.141 e. The number of hydrogen-bond donors (Lipinski definition) is 3. The number of nitrogens with zero attached hydrogens (tertiary/aromatic N) is 2. The second kappa shape index (κ2) is 7.79. The smallest absolute Gasteiger partial charge is 0.141 e. The molecule has 5 nitrogen and oxygen atoms in total. The first-order chi connectivity index (χ1) is 9.60. The zero-order chi connectivity index (χ0) is 14.3. The summed E-state index contributed by atoms with van der Waals surface area (Å²) in [4.78, 5) is 6.47. The second-order valence-corrected chi connectivity index (χ2v) is 6.22. The molecule has 126 valence electrons. The van der Waals surface area contributed by atoms with Crippen LogP contribution in [0.1, 0.15) is 29.7 Å². The van der Waals surface area contributed by atoms with Crippen molar-refractivity contribution in [3.05, 3.63) is 23.0 Å². The number of aromatic nitrogens is 1. The van der Waals surface area contributed by atoms with E-state index >= 15 is 0 Å².